The van der Waals surface area contributed by atoms with E-state index in [4.69, 9.17) is 21.4 Å². The van der Waals surface area contributed by atoms with Crippen LogP contribution in [0.4, 0.5) is 5.69 Å². The van der Waals surface area contributed by atoms with Crippen LogP contribution in [-0.2, 0) is 17.9 Å². The van der Waals surface area contributed by atoms with Gasteiger partial charge >= 0.3 is 17.3 Å². The van der Waals surface area contributed by atoms with Gasteiger partial charge in [0.15, 0.2) is 0 Å². The summed E-state index contributed by atoms with van der Waals surface area (Å²) in [6.07, 6.45) is 2.85. The van der Waals surface area contributed by atoms with Gasteiger partial charge in [0.05, 0.1) is 24.8 Å². The number of benzene rings is 2. The first-order valence-corrected chi connectivity index (χ1v) is 10.9. The van der Waals surface area contributed by atoms with Gasteiger partial charge in [0.2, 0.25) is 5.62 Å². The van der Waals surface area contributed by atoms with Crippen molar-refractivity contribution in [1.29, 1.82) is 0 Å². The van der Waals surface area contributed by atoms with Crippen LogP contribution in [0.5, 0.6) is 11.5 Å². The van der Waals surface area contributed by atoms with Gasteiger partial charge in [-0.15, -0.1) is 0 Å². The Morgan fingerprint density at radius 1 is 1.03 bits per heavy atom. The Kier molecular flexibility index (Phi) is 7.22. The summed E-state index contributed by atoms with van der Waals surface area (Å²) in [4.78, 5) is 47.7. The molecule has 178 valence electrons. The van der Waals surface area contributed by atoms with Crippen LogP contribution in [0.1, 0.15) is 12.0 Å². The van der Waals surface area contributed by atoms with Crippen molar-refractivity contribution in [3.05, 3.63) is 110 Å². The molecule has 0 atom stereocenters. The van der Waals surface area contributed by atoms with Gasteiger partial charge in [0.25, 0.3) is 0 Å². The highest BCUT2D eigenvalue weighted by atomic mass is 35.5. The summed E-state index contributed by atoms with van der Waals surface area (Å²) in [5, 5.41) is 9.51. The normalized spacial score (nSPS) is 11.4. The van der Waals surface area contributed by atoms with Crippen LogP contribution >= 0.6 is 11.6 Å². The fourth-order valence-electron chi connectivity index (χ4n) is 3.22. The Morgan fingerprint density at radius 3 is 2.43 bits per heavy atom. The van der Waals surface area contributed by atoms with Gasteiger partial charge in [-0.2, -0.15) is 0 Å². The van der Waals surface area contributed by atoms with Crippen molar-refractivity contribution in [2.45, 2.75) is 19.5 Å². The fraction of sp³-hybridized carbons (Fsp3) is 0.125. The van der Waals surface area contributed by atoms with Gasteiger partial charge in [-0.1, -0.05) is 23.7 Å². The Balaban J connectivity index is 1.73. The zero-order valence-corrected chi connectivity index (χ0v) is 19.1. The molecule has 0 saturated heterocycles. The van der Waals surface area contributed by atoms with Crippen LogP contribution in [0.3, 0.4) is 0 Å². The van der Waals surface area contributed by atoms with E-state index in [1.54, 1.807) is 73.1 Å². The van der Waals surface area contributed by atoms with Crippen molar-refractivity contribution in [2.24, 2.45) is 4.99 Å². The lowest BCUT2D eigenvalue weighted by Crippen LogP contribution is -2.50. The molecule has 0 amide bonds. The average Bonchev–Trinajstić information content (AvgIpc) is 2.84. The van der Waals surface area contributed by atoms with E-state index in [1.807, 2.05) is 0 Å². The number of aliphatic carboxylic acids is 1. The second-order valence-electron chi connectivity index (χ2n) is 7.44. The molecule has 0 radical (unpaired) electrons. The van der Waals surface area contributed by atoms with Crippen molar-refractivity contribution in [2.75, 3.05) is 0 Å². The number of nitrogens with zero attached hydrogens (tertiary/aromatic N) is 4. The Hall–Kier alpha value is -4.44. The molecule has 2 N–H and O–H groups in total. The first-order chi connectivity index (χ1) is 16.9. The lowest BCUT2D eigenvalue weighted by atomic mass is 10.2. The Bertz CT molecular complexity index is 1510. The third-order valence-corrected chi connectivity index (χ3v) is 5.18. The number of nitrogens with one attached hydrogen (secondary N) is 1. The number of carboxylic acids is 1. The monoisotopic (exact) mass is 493 g/mol. The molecule has 11 heteroatoms. The number of ether oxygens (including phenoxy) is 1. The summed E-state index contributed by atoms with van der Waals surface area (Å²) >= 11 is 5.96. The molecular weight excluding hydrogens is 474 g/mol. The van der Waals surface area contributed by atoms with Gasteiger partial charge in [-0.3, -0.25) is 19.3 Å². The van der Waals surface area contributed by atoms with E-state index in [-0.39, 0.29) is 25.1 Å². The predicted molar refractivity (Wildman–Crippen MR) is 128 cm³/mol. The minimum atomic E-state index is -1.12. The predicted octanol–water partition coefficient (Wildman–Crippen LogP) is 2.93. The minimum Gasteiger partial charge on any atom is -0.481 e. The molecule has 2 aromatic heterocycles. The lowest BCUT2D eigenvalue weighted by Gasteiger charge is -2.11. The molecule has 0 aliphatic heterocycles. The van der Waals surface area contributed by atoms with Gasteiger partial charge in [0.1, 0.15) is 11.5 Å². The molecule has 0 unspecified atom stereocenters. The topological polar surface area (TPSA) is 132 Å². The molecule has 10 nitrogen and oxygen atoms in total. The van der Waals surface area contributed by atoms with E-state index in [2.05, 4.69) is 15.0 Å². The third kappa shape index (κ3) is 6.12. The number of halogens is 1. The molecule has 35 heavy (non-hydrogen) atoms. The number of hydrogen-bond donors (Lipinski definition) is 2. The summed E-state index contributed by atoms with van der Waals surface area (Å²) in [5.74, 6) is 0.0128. The SMILES string of the molecule is O=C(O)CCn1c(=O)[nH]/c(=N\c2ccc(Oc3cccnc3)cc2)n(Cc2ccc(Cl)cc2)c1=O. The summed E-state index contributed by atoms with van der Waals surface area (Å²) < 4.78 is 7.83. The quantitative estimate of drug-likeness (QED) is 0.388. The molecule has 4 rings (SSSR count). The number of carboxylic acid groups (broad SMARTS) is 1. The summed E-state index contributed by atoms with van der Waals surface area (Å²) in [6, 6.07) is 17.1. The number of hydrogen-bond acceptors (Lipinski definition) is 6. The highest BCUT2D eigenvalue weighted by Gasteiger charge is 2.11. The first-order valence-electron chi connectivity index (χ1n) is 10.5. The molecule has 2 aromatic carbocycles. The number of rotatable bonds is 8. The largest absolute Gasteiger partial charge is 0.481 e. The molecule has 4 aromatic rings. The smallest absolute Gasteiger partial charge is 0.335 e. The molecule has 0 spiro atoms. The van der Waals surface area contributed by atoms with E-state index in [1.165, 1.54) is 4.57 Å². The number of aromatic nitrogens is 4. The zero-order chi connectivity index (χ0) is 24.8. The van der Waals surface area contributed by atoms with E-state index >= 15 is 0 Å². The van der Waals surface area contributed by atoms with Gasteiger partial charge < -0.3 is 9.84 Å². The molecule has 0 aliphatic carbocycles. The number of aromatic amines is 1. The number of carbonyl (C=O) groups is 1. The van der Waals surface area contributed by atoms with E-state index in [0.717, 1.165) is 10.1 Å². The molecule has 0 aliphatic rings. The average molecular weight is 494 g/mol. The summed E-state index contributed by atoms with van der Waals surface area (Å²) in [7, 11) is 0. The minimum absolute atomic E-state index is 0.0162. The standard InChI is InChI=1S/C24H20ClN5O5/c25-17-5-3-16(4-6-17)15-30-22(28-23(33)29(24(30)34)13-11-21(31)32)27-18-7-9-19(10-8-18)35-20-2-1-12-26-14-20/h1-10,12,14H,11,13,15H2,(H,31,32)(H,27,28,33). The molecule has 0 fully saturated rings. The molecule has 2 heterocycles. The summed E-state index contributed by atoms with van der Waals surface area (Å²) in [5.41, 5.74) is -0.210. The maximum atomic E-state index is 13.1. The van der Waals surface area contributed by atoms with Crippen molar-refractivity contribution >= 4 is 23.3 Å². The van der Waals surface area contributed by atoms with E-state index in [0.29, 0.717) is 22.2 Å². The van der Waals surface area contributed by atoms with Crippen LogP contribution in [0, 0.1) is 0 Å². The zero-order valence-electron chi connectivity index (χ0n) is 18.3. The van der Waals surface area contributed by atoms with Crippen LogP contribution in [-0.4, -0.2) is 30.2 Å². The van der Waals surface area contributed by atoms with Crippen molar-refractivity contribution in [1.82, 2.24) is 19.1 Å². The summed E-state index contributed by atoms with van der Waals surface area (Å²) in [6.45, 7) is -0.189. The molecular formula is C24H20ClN5O5. The van der Waals surface area contributed by atoms with E-state index < -0.39 is 17.3 Å². The second kappa shape index (κ2) is 10.7. The maximum Gasteiger partial charge on any atom is 0.335 e. The van der Waals surface area contributed by atoms with Crippen molar-refractivity contribution < 1.29 is 14.6 Å². The lowest BCUT2D eigenvalue weighted by molar-refractivity contribution is -0.137. The van der Waals surface area contributed by atoms with Gasteiger partial charge in [0, 0.05) is 17.8 Å². The first kappa shape index (κ1) is 23.7. The third-order valence-electron chi connectivity index (χ3n) is 4.93. The number of pyridine rings is 1. The Morgan fingerprint density at radius 2 is 1.77 bits per heavy atom. The fourth-order valence-corrected chi connectivity index (χ4v) is 3.34. The highest BCUT2D eigenvalue weighted by molar-refractivity contribution is 6.30. The maximum absolute atomic E-state index is 13.1. The van der Waals surface area contributed by atoms with Crippen molar-refractivity contribution in [3.8, 4) is 11.5 Å². The molecule has 0 saturated carbocycles. The highest BCUT2D eigenvalue weighted by Crippen LogP contribution is 2.22. The van der Waals surface area contributed by atoms with Crippen LogP contribution in [0.15, 0.2) is 87.6 Å². The number of H-pyrrole nitrogens is 1. The van der Waals surface area contributed by atoms with Gasteiger partial charge in [-0.25, -0.2) is 19.1 Å². The molecule has 0 bridgehead atoms. The van der Waals surface area contributed by atoms with Crippen molar-refractivity contribution in [3.63, 3.8) is 0 Å². The second-order valence-corrected chi connectivity index (χ2v) is 7.88. The van der Waals surface area contributed by atoms with Gasteiger partial charge in [-0.05, 0) is 54.1 Å². The van der Waals surface area contributed by atoms with Crippen LogP contribution in [0.25, 0.3) is 0 Å². The van der Waals surface area contributed by atoms with Crippen LogP contribution in [0.2, 0.25) is 5.02 Å². The Labute approximate surface area is 203 Å². The van der Waals surface area contributed by atoms with E-state index in [9.17, 15) is 14.4 Å². The van der Waals surface area contributed by atoms with Crippen LogP contribution < -0.4 is 21.7 Å².